The van der Waals surface area contributed by atoms with Crippen molar-refractivity contribution in [2.24, 2.45) is 35.5 Å². The minimum absolute atomic E-state index is 0.656. The van der Waals surface area contributed by atoms with E-state index in [1.165, 1.54) is 107 Å². The summed E-state index contributed by atoms with van der Waals surface area (Å²) in [6, 6.07) is 0. The number of epoxide rings is 1. The Morgan fingerprint density at radius 1 is 0.586 bits per heavy atom. The van der Waals surface area contributed by atoms with Gasteiger partial charge in [0.2, 0.25) is 0 Å². The van der Waals surface area contributed by atoms with E-state index in [-0.39, 0.29) is 0 Å². The van der Waals surface area contributed by atoms with Crippen molar-refractivity contribution in [1.29, 1.82) is 0 Å². The monoisotopic (exact) mass is 396 g/mol. The molecule has 6 atom stereocenters. The molecule has 0 amide bonds. The van der Waals surface area contributed by atoms with E-state index in [9.17, 15) is 0 Å². The SMILES string of the molecule is C=C(CCC(=C)CC1CCC(C2CCC3OC3C2)CC1)CCC1CCC2CC2C1. The third-order valence-electron chi connectivity index (χ3n) is 9.57. The van der Waals surface area contributed by atoms with Crippen molar-refractivity contribution in [2.45, 2.75) is 115 Å². The molecule has 5 aliphatic rings. The first-order chi connectivity index (χ1) is 14.1. The van der Waals surface area contributed by atoms with Crippen LogP contribution in [0.15, 0.2) is 24.3 Å². The van der Waals surface area contributed by atoms with Gasteiger partial charge in [0, 0.05) is 0 Å². The molecule has 0 aromatic carbocycles. The Morgan fingerprint density at radius 3 is 2.07 bits per heavy atom. The van der Waals surface area contributed by atoms with E-state index >= 15 is 0 Å². The standard InChI is InChI=1S/C28H44O/c1-19(5-6-22-9-12-24-17-26(24)16-22)3-4-20(2)15-21-7-10-23(11-8-21)25-13-14-27-28(18-25)29-27/h21-28H,1-18H2. The van der Waals surface area contributed by atoms with Crippen molar-refractivity contribution >= 4 is 0 Å². The molecular weight excluding hydrogens is 352 g/mol. The van der Waals surface area contributed by atoms with Crippen molar-refractivity contribution in [3.8, 4) is 0 Å². The summed E-state index contributed by atoms with van der Waals surface area (Å²) in [4.78, 5) is 0. The zero-order valence-electron chi connectivity index (χ0n) is 18.8. The lowest BCUT2D eigenvalue weighted by Crippen LogP contribution is -2.26. The highest BCUT2D eigenvalue weighted by Crippen LogP contribution is 2.52. The summed E-state index contributed by atoms with van der Waals surface area (Å²) < 4.78 is 5.76. The minimum atomic E-state index is 0.656. The van der Waals surface area contributed by atoms with Gasteiger partial charge in [-0.15, -0.1) is 0 Å². The van der Waals surface area contributed by atoms with Crippen molar-refractivity contribution in [3.05, 3.63) is 24.3 Å². The van der Waals surface area contributed by atoms with E-state index in [4.69, 9.17) is 4.74 Å². The molecule has 1 saturated heterocycles. The predicted octanol–water partition coefficient (Wildman–Crippen LogP) is 7.86. The predicted molar refractivity (Wildman–Crippen MR) is 122 cm³/mol. The number of hydrogen-bond donors (Lipinski definition) is 0. The molecule has 0 radical (unpaired) electrons. The molecule has 0 spiro atoms. The molecule has 0 N–H and O–H groups in total. The van der Waals surface area contributed by atoms with Gasteiger partial charge in [0.15, 0.2) is 0 Å². The summed E-state index contributed by atoms with van der Waals surface area (Å²) in [7, 11) is 0. The molecule has 0 aromatic rings. The molecule has 1 heteroatoms. The fourth-order valence-electron chi connectivity index (χ4n) is 7.33. The molecule has 0 aromatic heterocycles. The van der Waals surface area contributed by atoms with Gasteiger partial charge in [-0.1, -0.05) is 30.7 Å². The molecular formula is C28H44O. The second-order valence-corrected chi connectivity index (χ2v) is 11.7. The van der Waals surface area contributed by atoms with Crippen LogP contribution in [0.5, 0.6) is 0 Å². The van der Waals surface area contributed by atoms with Gasteiger partial charge in [0.25, 0.3) is 0 Å². The van der Waals surface area contributed by atoms with Gasteiger partial charge < -0.3 is 4.74 Å². The summed E-state index contributed by atoms with van der Waals surface area (Å²) in [5.41, 5.74) is 2.99. The Kier molecular flexibility index (Phi) is 6.24. The summed E-state index contributed by atoms with van der Waals surface area (Å²) >= 11 is 0. The van der Waals surface area contributed by atoms with Crippen LogP contribution in [0.25, 0.3) is 0 Å². The average Bonchev–Trinajstić information content (AvgIpc) is 3.64. The van der Waals surface area contributed by atoms with Crippen LogP contribution in [0.3, 0.4) is 0 Å². The third kappa shape index (κ3) is 5.38. The van der Waals surface area contributed by atoms with E-state index < -0.39 is 0 Å². The quantitative estimate of drug-likeness (QED) is 0.285. The Labute approximate surface area is 179 Å². The summed E-state index contributed by atoms with van der Waals surface area (Å²) in [5, 5.41) is 0. The van der Waals surface area contributed by atoms with Gasteiger partial charge in [-0.05, 0) is 132 Å². The zero-order chi connectivity index (χ0) is 19.8. The molecule has 1 aliphatic heterocycles. The highest BCUT2D eigenvalue weighted by molar-refractivity contribution is 5.04. The number of rotatable bonds is 9. The molecule has 1 nitrogen and oxygen atoms in total. The van der Waals surface area contributed by atoms with Crippen LogP contribution < -0.4 is 0 Å². The summed E-state index contributed by atoms with van der Waals surface area (Å²) in [6.45, 7) is 8.86. The summed E-state index contributed by atoms with van der Waals surface area (Å²) in [5.74, 6) is 6.14. The number of ether oxygens (including phenoxy) is 1. The smallest absolute Gasteiger partial charge is 0.0844 e. The third-order valence-corrected chi connectivity index (χ3v) is 9.57. The maximum Gasteiger partial charge on any atom is 0.0844 e. The normalized spacial score (nSPS) is 43.2. The van der Waals surface area contributed by atoms with Crippen LogP contribution >= 0.6 is 0 Å². The lowest BCUT2D eigenvalue weighted by Gasteiger charge is -2.35. The fraction of sp³-hybridized carbons (Fsp3) is 0.857. The van der Waals surface area contributed by atoms with E-state index in [0.29, 0.717) is 12.2 Å². The maximum absolute atomic E-state index is 5.76. The van der Waals surface area contributed by atoms with Gasteiger partial charge in [0.05, 0.1) is 12.2 Å². The largest absolute Gasteiger partial charge is 0.370 e. The van der Waals surface area contributed by atoms with Crippen molar-refractivity contribution < 1.29 is 4.74 Å². The topological polar surface area (TPSA) is 12.5 Å². The molecule has 162 valence electrons. The first kappa shape index (κ1) is 20.3. The van der Waals surface area contributed by atoms with Gasteiger partial charge in [-0.3, -0.25) is 0 Å². The number of allylic oxidation sites excluding steroid dienone is 2. The van der Waals surface area contributed by atoms with Crippen LogP contribution in [0.2, 0.25) is 0 Å². The van der Waals surface area contributed by atoms with E-state index in [2.05, 4.69) is 13.2 Å². The molecule has 5 fully saturated rings. The van der Waals surface area contributed by atoms with Crippen LogP contribution in [0.4, 0.5) is 0 Å². The van der Waals surface area contributed by atoms with Crippen molar-refractivity contribution in [1.82, 2.24) is 0 Å². The highest BCUT2D eigenvalue weighted by Gasteiger charge is 2.46. The van der Waals surface area contributed by atoms with Crippen molar-refractivity contribution in [2.75, 3.05) is 0 Å². The van der Waals surface area contributed by atoms with Crippen LogP contribution in [0.1, 0.15) is 103 Å². The second-order valence-electron chi connectivity index (χ2n) is 11.7. The Hall–Kier alpha value is -0.560. The molecule has 1 heterocycles. The van der Waals surface area contributed by atoms with E-state index in [1.807, 2.05) is 0 Å². The van der Waals surface area contributed by atoms with Crippen LogP contribution in [-0.2, 0) is 4.74 Å². The van der Waals surface area contributed by atoms with E-state index in [1.54, 1.807) is 6.42 Å². The zero-order valence-corrected chi connectivity index (χ0v) is 18.8. The molecule has 5 rings (SSSR count). The highest BCUT2D eigenvalue weighted by atomic mass is 16.6. The lowest BCUT2D eigenvalue weighted by atomic mass is 9.70. The Morgan fingerprint density at radius 2 is 1.28 bits per heavy atom. The molecule has 4 saturated carbocycles. The van der Waals surface area contributed by atoms with Gasteiger partial charge in [0.1, 0.15) is 0 Å². The second kappa shape index (κ2) is 8.89. The maximum atomic E-state index is 5.76. The molecule has 6 unspecified atom stereocenters. The average molecular weight is 397 g/mol. The number of fused-ring (bicyclic) bond motifs is 2. The minimum Gasteiger partial charge on any atom is -0.370 e. The summed E-state index contributed by atoms with van der Waals surface area (Å²) in [6.07, 6.45) is 23.7. The first-order valence-electron chi connectivity index (χ1n) is 13.1. The Bertz CT molecular complexity index is 597. The van der Waals surface area contributed by atoms with Gasteiger partial charge in [-0.2, -0.15) is 0 Å². The van der Waals surface area contributed by atoms with Crippen LogP contribution in [0, 0.1) is 35.5 Å². The van der Waals surface area contributed by atoms with E-state index in [0.717, 1.165) is 35.5 Å². The van der Waals surface area contributed by atoms with Gasteiger partial charge in [-0.25, -0.2) is 0 Å². The first-order valence-corrected chi connectivity index (χ1v) is 13.1. The van der Waals surface area contributed by atoms with Gasteiger partial charge >= 0.3 is 0 Å². The number of hydrogen-bond acceptors (Lipinski definition) is 1. The molecule has 0 bridgehead atoms. The van der Waals surface area contributed by atoms with Crippen molar-refractivity contribution in [3.63, 3.8) is 0 Å². The fourth-order valence-corrected chi connectivity index (χ4v) is 7.33. The van der Waals surface area contributed by atoms with Crippen LogP contribution in [-0.4, -0.2) is 12.2 Å². The molecule has 29 heavy (non-hydrogen) atoms. The Balaban J connectivity index is 0.939. The lowest BCUT2D eigenvalue weighted by molar-refractivity contribution is 0.174. The molecule has 4 aliphatic carbocycles.